The Morgan fingerprint density at radius 3 is 3.33 bits per heavy atom. The molecule has 0 N–H and O–H groups in total. The number of rotatable bonds is 0. The zero-order valence-corrected chi connectivity index (χ0v) is 4.78. The highest BCUT2D eigenvalue weighted by atomic mass is 14.9. The van der Waals surface area contributed by atoms with Gasteiger partial charge in [-0.2, -0.15) is 0 Å². The lowest BCUT2D eigenvalue weighted by atomic mass is 10.3. The highest BCUT2D eigenvalue weighted by molar-refractivity contribution is 6.40. The molecule has 0 unspecified atom stereocenters. The molecule has 0 spiro atoms. The number of hydrogen-bond acceptors (Lipinski definition) is 3. The van der Waals surface area contributed by atoms with Crippen molar-refractivity contribution in [2.45, 2.75) is 0 Å². The van der Waals surface area contributed by atoms with Gasteiger partial charge in [0.1, 0.15) is 11.4 Å². The maximum atomic E-state index is 4.14. The molecule has 3 heteroatoms. The summed E-state index contributed by atoms with van der Waals surface area (Å²) in [5.74, 6) is 0. The molecule has 2 rings (SSSR count). The molecule has 0 aliphatic carbocycles. The van der Waals surface area contributed by atoms with Crippen molar-refractivity contribution in [1.29, 1.82) is 0 Å². The lowest BCUT2D eigenvalue weighted by Crippen LogP contribution is -2.05. The second kappa shape index (κ2) is 1.62. The quantitative estimate of drug-likeness (QED) is 0.443. The van der Waals surface area contributed by atoms with Crippen molar-refractivity contribution >= 4 is 18.1 Å². The number of hydrogen-bond donors (Lipinski definition) is 0. The smallest absolute Gasteiger partial charge is 0.108 e. The summed E-state index contributed by atoms with van der Waals surface area (Å²) < 4.78 is 0. The molecule has 2 aliphatic rings. The van der Waals surface area contributed by atoms with E-state index in [1.54, 1.807) is 18.6 Å². The van der Waals surface area contributed by atoms with Gasteiger partial charge in [0.2, 0.25) is 0 Å². The first-order valence-electron chi connectivity index (χ1n) is 2.77. The highest BCUT2D eigenvalue weighted by Gasteiger charge is 2.08. The highest BCUT2D eigenvalue weighted by Crippen LogP contribution is 2.07. The molecule has 0 aromatic rings. The minimum atomic E-state index is 0.693. The number of allylic oxidation sites excluding steroid dienone is 1. The van der Waals surface area contributed by atoms with E-state index >= 15 is 0 Å². The van der Waals surface area contributed by atoms with Gasteiger partial charge < -0.3 is 0 Å². The van der Waals surface area contributed by atoms with Gasteiger partial charge in [-0.15, -0.1) is 0 Å². The normalized spacial score (nSPS) is 21.3. The van der Waals surface area contributed by atoms with Crippen LogP contribution in [0.25, 0.3) is 0 Å². The van der Waals surface area contributed by atoms with Crippen LogP contribution in [0.2, 0.25) is 0 Å². The first kappa shape index (κ1) is 4.61. The van der Waals surface area contributed by atoms with Gasteiger partial charge in [0, 0.05) is 6.21 Å². The zero-order valence-electron chi connectivity index (χ0n) is 4.78. The molecule has 0 saturated carbocycles. The molecule has 2 aliphatic heterocycles. The summed E-state index contributed by atoms with van der Waals surface area (Å²) in [5, 5.41) is 0. The standard InChI is InChI=1S/C6H5N3/c1-2-9-6-4-7-3-5(6)8-1/h1,3-4H,2H2. The topological polar surface area (TPSA) is 37.1 Å². The summed E-state index contributed by atoms with van der Waals surface area (Å²) in [4.78, 5) is 12.1. The average molecular weight is 119 g/mol. The van der Waals surface area contributed by atoms with Gasteiger partial charge in [-0.3, -0.25) is 15.0 Å². The first-order chi connectivity index (χ1) is 4.47. The Morgan fingerprint density at radius 1 is 1.44 bits per heavy atom. The Hall–Kier alpha value is -1.25. The van der Waals surface area contributed by atoms with Gasteiger partial charge in [0.05, 0.1) is 19.0 Å². The largest absolute Gasteiger partial charge is 0.276 e. The molecule has 0 aromatic carbocycles. The molecule has 0 aromatic heterocycles. The summed E-state index contributed by atoms with van der Waals surface area (Å²) >= 11 is 0. The molecule has 0 saturated heterocycles. The predicted octanol–water partition coefficient (Wildman–Crippen LogP) is 0.438. The SMILES string of the molecule is C1=NC=C2N=CCN=C12. The monoisotopic (exact) mass is 119 g/mol. The van der Waals surface area contributed by atoms with Crippen molar-refractivity contribution in [3.63, 3.8) is 0 Å². The Balaban J connectivity index is 2.46. The lowest BCUT2D eigenvalue weighted by molar-refractivity contribution is 1.26. The predicted molar refractivity (Wildman–Crippen MR) is 37.4 cm³/mol. The fraction of sp³-hybridized carbons (Fsp3) is 0.167. The summed E-state index contributed by atoms with van der Waals surface area (Å²) in [6, 6.07) is 0. The molecule has 0 atom stereocenters. The molecular weight excluding hydrogens is 114 g/mol. The van der Waals surface area contributed by atoms with E-state index in [1.165, 1.54) is 0 Å². The van der Waals surface area contributed by atoms with Gasteiger partial charge in [-0.05, 0) is 0 Å². The Bertz CT molecular complexity index is 245. The van der Waals surface area contributed by atoms with Crippen LogP contribution in [-0.2, 0) is 0 Å². The number of nitrogens with zero attached hydrogens (tertiary/aromatic N) is 3. The molecule has 2 heterocycles. The van der Waals surface area contributed by atoms with E-state index < -0.39 is 0 Å². The van der Waals surface area contributed by atoms with E-state index in [4.69, 9.17) is 0 Å². The molecule has 3 nitrogen and oxygen atoms in total. The van der Waals surface area contributed by atoms with E-state index in [0.717, 1.165) is 11.4 Å². The minimum Gasteiger partial charge on any atom is -0.276 e. The Kier molecular flexibility index (Phi) is 0.828. The van der Waals surface area contributed by atoms with E-state index in [9.17, 15) is 0 Å². The average Bonchev–Trinajstić information content (AvgIpc) is 2.33. The fourth-order valence-corrected chi connectivity index (χ4v) is 0.810. The van der Waals surface area contributed by atoms with Crippen LogP contribution in [0.4, 0.5) is 0 Å². The number of aliphatic imine (C=N–C) groups is 3. The van der Waals surface area contributed by atoms with Crippen LogP contribution in [0.5, 0.6) is 0 Å². The minimum absolute atomic E-state index is 0.693. The Labute approximate surface area is 52.5 Å². The van der Waals surface area contributed by atoms with Crippen molar-refractivity contribution in [2.75, 3.05) is 6.54 Å². The van der Waals surface area contributed by atoms with Crippen molar-refractivity contribution in [3.8, 4) is 0 Å². The van der Waals surface area contributed by atoms with Crippen LogP contribution in [0, 0.1) is 0 Å². The maximum Gasteiger partial charge on any atom is 0.108 e. The van der Waals surface area contributed by atoms with Crippen LogP contribution in [0.15, 0.2) is 26.9 Å². The summed E-state index contributed by atoms with van der Waals surface area (Å²) in [6.45, 7) is 0.693. The van der Waals surface area contributed by atoms with E-state index in [2.05, 4.69) is 15.0 Å². The third-order valence-corrected chi connectivity index (χ3v) is 1.23. The van der Waals surface area contributed by atoms with Crippen molar-refractivity contribution in [1.82, 2.24) is 0 Å². The zero-order chi connectivity index (χ0) is 6.10. The van der Waals surface area contributed by atoms with Crippen molar-refractivity contribution < 1.29 is 0 Å². The third-order valence-electron chi connectivity index (χ3n) is 1.23. The molecule has 0 radical (unpaired) electrons. The third kappa shape index (κ3) is 0.614. The van der Waals surface area contributed by atoms with Crippen LogP contribution >= 0.6 is 0 Å². The summed E-state index contributed by atoms with van der Waals surface area (Å²) in [5.41, 5.74) is 1.80. The second-order valence-corrected chi connectivity index (χ2v) is 1.83. The maximum absolute atomic E-state index is 4.14. The second-order valence-electron chi connectivity index (χ2n) is 1.83. The van der Waals surface area contributed by atoms with Gasteiger partial charge >= 0.3 is 0 Å². The van der Waals surface area contributed by atoms with Gasteiger partial charge in [-0.25, -0.2) is 0 Å². The van der Waals surface area contributed by atoms with Crippen LogP contribution < -0.4 is 0 Å². The molecule has 0 amide bonds. The Morgan fingerprint density at radius 2 is 2.44 bits per heavy atom. The van der Waals surface area contributed by atoms with Gasteiger partial charge in [0.15, 0.2) is 0 Å². The van der Waals surface area contributed by atoms with Crippen molar-refractivity contribution in [2.24, 2.45) is 15.0 Å². The lowest BCUT2D eigenvalue weighted by Gasteiger charge is -1.98. The van der Waals surface area contributed by atoms with Gasteiger partial charge in [0.25, 0.3) is 0 Å². The molecule has 0 fully saturated rings. The van der Waals surface area contributed by atoms with E-state index in [1.807, 2.05) is 0 Å². The summed E-state index contributed by atoms with van der Waals surface area (Å²) in [6.07, 6.45) is 5.23. The fourth-order valence-electron chi connectivity index (χ4n) is 0.810. The summed E-state index contributed by atoms with van der Waals surface area (Å²) in [7, 11) is 0. The first-order valence-corrected chi connectivity index (χ1v) is 2.77. The molecule has 44 valence electrons. The van der Waals surface area contributed by atoms with Gasteiger partial charge in [-0.1, -0.05) is 0 Å². The molecular formula is C6H5N3. The van der Waals surface area contributed by atoms with Crippen LogP contribution in [-0.4, -0.2) is 24.7 Å². The molecule has 0 bridgehead atoms. The van der Waals surface area contributed by atoms with Crippen LogP contribution in [0.3, 0.4) is 0 Å². The van der Waals surface area contributed by atoms with Crippen molar-refractivity contribution in [3.05, 3.63) is 11.9 Å². The van der Waals surface area contributed by atoms with E-state index in [-0.39, 0.29) is 0 Å². The van der Waals surface area contributed by atoms with Crippen LogP contribution in [0.1, 0.15) is 0 Å². The van der Waals surface area contributed by atoms with E-state index in [0.29, 0.717) is 6.54 Å². The molecule has 9 heavy (non-hydrogen) atoms. The number of fused-ring (bicyclic) bond motifs is 1.